The fourth-order valence-electron chi connectivity index (χ4n) is 4.31. The van der Waals surface area contributed by atoms with Gasteiger partial charge in [-0.05, 0) is 43.9 Å². The van der Waals surface area contributed by atoms with Gasteiger partial charge in [0.15, 0.2) is 5.96 Å². The molecule has 2 aliphatic carbocycles. The van der Waals surface area contributed by atoms with Gasteiger partial charge in [-0.1, -0.05) is 13.3 Å². The monoisotopic (exact) mass is 504 g/mol. The lowest BCUT2D eigenvalue weighted by Gasteiger charge is -2.42. The molecule has 1 saturated heterocycles. The third kappa shape index (κ3) is 4.68. The van der Waals surface area contributed by atoms with Crippen LogP contribution in [0, 0.1) is 11.3 Å². The summed E-state index contributed by atoms with van der Waals surface area (Å²) < 4.78 is 4.43. The maximum atomic E-state index is 5.10. The lowest BCUT2D eigenvalue weighted by molar-refractivity contribution is 0.112. The number of piperazine rings is 1. The molecular weight excluding hydrogens is 471 g/mol. The van der Waals surface area contributed by atoms with E-state index in [1.165, 1.54) is 43.6 Å². The summed E-state index contributed by atoms with van der Waals surface area (Å²) in [6.45, 7) is 10.2. The Bertz CT molecular complexity index is 632. The number of nitrogens with one attached hydrogen (secondary N) is 1. The van der Waals surface area contributed by atoms with Crippen LogP contribution >= 0.6 is 35.5 Å². The Morgan fingerprint density at radius 2 is 1.96 bits per heavy atom. The highest BCUT2D eigenvalue weighted by molar-refractivity contribution is 14.0. The van der Waals surface area contributed by atoms with Gasteiger partial charge in [0.1, 0.15) is 5.82 Å². The van der Waals surface area contributed by atoms with Crippen LogP contribution in [0.15, 0.2) is 4.99 Å². The molecule has 0 atom stereocenters. The number of nitrogens with zero attached hydrogens (tertiary/aromatic N) is 5. The highest BCUT2D eigenvalue weighted by Crippen LogP contribution is 2.57. The average molecular weight is 504 g/mol. The molecule has 0 unspecified atom stereocenters. The lowest BCUT2D eigenvalue weighted by atomic mass is 9.65. The fourth-order valence-corrected chi connectivity index (χ4v) is 5.11. The summed E-state index contributed by atoms with van der Waals surface area (Å²) in [6, 6.07) is 0. The van der Waals surface area contributed by atoms with Crippen molar-refractivity contribution in [2.75, 3.05) is 44.2 Å². The van der Waals surface area contributed by atoms with E-state index in [0.29, 0.717) is 5.41 Å². The number of hydrogen-bond donors (Lipinski definition) is 1. The summed E-state index contributed by atoms with van der Waals surface area (Å²) in [4.78, 5) is 14.5. The summed E-state index contributed by atoms with van der Waals surface area (Å²) in [7, 11) is 0. The third-order valence-electron chi connectivity index (χ3n) is 6.29. The van der Waals surface area contributed by atoms with Gasteiger partial charge < -0.3 is 15.1 Å². The molecule has 0 aromatic carbocycles. The van der Waals surface area contributed by atoms with Crippen molar-refractivity contribution in [1.29, 1.82) is 0 Å². The Labute approximate surface area is 184 Å². The zero-order valence-electron chi connectivity index (χ0n) is 16.6. The van der Waals surface area contributed by atoms with Gasteiger partial charge in [-0.3, -0.25) is 4.99 Å². The first kappa shape index (κ1) is 21.1. The number of hydrogen-bond acceptors (Lipinski definition) is 5. The van der Waals surface area contributed by atoms with Crippen LogP contribution in [0.4, 0.5) is 5.13 Å². The molecule has 2 saturated carbocycles. The van der Waals surface area contributed by atoms with Gasteiger partial charge in [0, 0.05) is 57.2 Å². The second kappa shape index (κ2) is 9.24. The van der Waals surface area contributed by atoms with Gasteiger partial charge >= 0.3 is 0 Å². The molecule has 6 nitrogen and oxygen atoms in total. The first-order valence-corrected chi connectivity index (χ1v) is 11.1. The van der Waals surface area contributed by atoms with Crippen molar-refractivity contribution in [2.45, 2.75) is 52.4 Å². The van der Waals surface area contributed by atoms with Crippen molar-refractivity contribution in [2.24, 2.45) is 16.3 Å². The Kier molecular flexibility index (Phi) is 7.21. The van der Waals surface area contributed by atoms with E-state index < -0.39 is 0 Å². The molecule has 0 radical (unpaired) electrons. The summed E-state index contributed by atoms with van der Waals surface area (Å²) in [5, 5.41) is 4.61. The van der Waals surface area contributed by atoms with E-state index in [1.54, 1.807) is 0 Å². The molecule has 3 fully saturated rings. The molecule has 8 heteroatoms. The molecule has 0 amide bonds. The van der Waals surface area contributed by atoms with Gasteiger partial charge in [0.25, 0.3) is 0 Å². The standard InChI is InChI=1S/C19H32N6S.HI/c1-3-16-22-18(26-23-16)25-12-10-24(11-13-25)17(20-4-2)21-14-19(8-5-9-19)15-6-7-15;/h15H,3-14H2,1-2H3,(H,20,21);1H. The topological polar surface area (TPSA) is 56.7 Å². The minimum atomic E-state index is 0. The van der Waals surface area contributed by atoms with Crippen molar-refractivity contribution in [1.82, 2.24) is 19.6 Å². The zero-order chi connectivity index (χ0) is 18.0. The van der Waals surface area contributed by atoms with Crippen LogP contribution in [0.25, 0.3) is 0 Å². The van der Waals surface area contributed by atoms with Gasteiger partial charge in [-0.15, -0.1) is 24.0 Å². The van der Waals surface area contributed by atoms with E-state index in [0.717, 1.165) is 68.5 Å². The van der Waals surface area contributed by atoms with Crippen molar-refractivity contribution in [3.63, 3.8) is 0 Å². The third-order valence-corrected chi connectivity index (χ3v) is 7.11. The fraction of sp³-hybridized carbons (Fsp3) is 0.842. The minimum Gasteiger partial charge on any atom is -0.357 e. The number of aryl methyl sites for hydroxylation is 1. The largest absolute Gasteiger partial charge is 0.357 e. The molecule has 4 rings (SSSR count). The Morgan fingerprint density at radius 3 is 2.48 bits per heavy atom. The summed E-state index contributed by atoms with van der Waals surface area (Å²) >= 11 is 1.54. The average Bonchev–Trinajstić information content (AvgIpc) is 3.37. The molecular formula is C19H33IN6S. The van der Waals surface area contributed by atoms with Crippen LogP contribution in [0.1, 0.15) is 51.8 Å². The highest BCUT2D eigenvalue weighted by Gasteiger charge is 2.48. The Hall–Kier alpha value is -0.640. The van der Waals surface area contributed by atoms with Gasteiger partial charge in [-0.25, -0.2) is 4.98 Å². The molecule has 0 spiro atoms. The Morgan fingerprint density at radius 1 is 1.22 bits per heavy atom. The first-order chi connectivity index (χ1) is 12.7. The van der Waals surface area contributed by atoms with Gasteiger partial charge in [0.2, 0.25) is 5.13 Å². The van der Waals surface area contributed by atoms with Crippen LogP contribution in [0.2, 0.25) is 0 Å². The number of aromatic nitrogens is 2. The van der Waals surface area contributed by atoms with E-state index >= 15 is 0 Å². The number of aliphatic imine (C=N–C) groups is 1. The van der Waals surface area contributed by atoms with Crippen molar-refractivity contribution in [3.05, 3.63) is 5.82 Å². The molecule has 3 aliphatic rings. The van der Waals surface area contributed by atoms with Crippen molar-refractivity contribution >= 4 is 46.6 Å². The summed E-state index contributed by atoms with van der Waals surface area (Å²) in [5.74, 6) is 3.05. The van der Waals surface area contributed by atoms with Crippen molar-refractivity contribution in [3.8, 4) is 0 Å². The molecule has 152 valence electrons. The second-order valence-corrected chi connectivity index (χ2v) is 8.71. The number of halogens is 1. The second-order valence-electron chi connectivity index (χ2n) is 7.98. The molecule has 27 heavy (non-hydrogen) atoms. The summed E-state index contributed by atoms with van der Waals surface area (Å²) in [6.07, 6.45) is 7.98. The van der Waals surface area contributed by atoms with E-state index in [2.05, 4.69) is 38.3 Å². The lowest BCUT2D eigenvalue weighted by Crippen LogP contribution is -2.53. The van der Waals surface area contributed by atoms with Crippen LogP contribution < -0.4 is 10.2 Å². The molecule has 1 aliphatic heterocycles. The van der Waals surface area contributed by atoms with E-state index in [1.807, 2.05) is 0 Å². The first-order valence-electron chi connectivity index (χ1n) is 10.3. The quantitative estimate of drug-likeness (QED) is 0.366. The summed E-state index contributed by atoms with van der Waals surface area (Å²) in [5.41, 5.74) is 0.547. The highest BCUT2D eigenvalue weighted by atomic mass is 127. The van der Waals surface area contributed by atoms with E-state index in [4.69, 9.17) is 4.99 Å². The van der Waals surface area contributed by atoms with Crippen molar-refractivity contribution < 1.29 is 0 Å². The van der Waals surface area contributed by atoms with Gasteiger partial charge in [-0.2, -0.15) is 4.37 Å². The molecule has 1 aromatic heterocycles. The number of guanidine groups is 1. The number of rotatable bonds is 6. The molecule has 1 N–H and O–H groups in total. The minimum absolute atomic E-state index is 0. The maximum Gasteiger partial charge on any atom is 0.205 e. The van der Waals surface area contributed by atoms with Gasteiger partial charge in [0.05, 0.1) is 0 Å². The van der Waals surface area contributed by atoms with E-state index in [9.17, 15) is 0 Å². The number of anilines is 1. The Balaban J connectivity index is 0.00000210. The predicted octanol–water partition coefficient (Wildman–Crippen LogP) is 3.39. The SMILES string of the molecule is CCNC(=NCC1(C2CC2)CCC1)N1CCN(c2nc(CC)ns2)CC1.I. The molecule has 1 aromatic rings. The predicted molar refractivity (Wildman–Crippen MR) is 123 cm³/mol. The zero-order valence-corrected chi connectivity index (χ0v) is 19.8. The van der Waals surface area contributed by atoms with Crippen LogP contribution in [-0.4, -0.2) is 59.5 Å². The van der Waals surface area contributed by atoms with Crippen LogP contribution in [0.5, 0.6) is 0 Å². The van der Waals surface area contributed by atoms with E-state index in [-0.39, 0.29) is 24.0 Å². The smallest absolute Gasteiger partial charge is 0.205 e. The maximum absolute atomic E-state index is 5.10. The van der Waals surface area contributed by atoms with Crippen LogP contribution in [0.3, 0.4) is 0 Å². The normalized spacial score (nSPS) is 22.2. The van der Waals surface area contributed by atoms with Crippen LogP contribution in [-0.2, 0) is 6.42 Å². The molecule has 0 bridgehead atoms. The molecule has 2 heterocycles.